The van der Waals surface area contributed by atoms with Crippen molar-refractivity contribution in [2.75, 3.05) is 11.5 Å². The molecule has 6 heteroatoms. The minimum atomic E-state index is -2.95. The summed E-state index contributed by atoms with van der Waals surface area (Å²) in [6.07, 6.45) is 0.505. The smallest absolute Gasteiger partial charge is 0.251 e. The van der Waals surface area contributed by atoms with Crippen molar-refractivity contribution in [3.8, 4) is 0 Å². The van der Waals surface area contributed by atoms with Gasteiger partial charge in [-0.25, -0.2) is 8.42 Å². The number of halogens is 1. The molecule has 1 aromatic carbocycles. The van der Waals surface area contributed by atoms with Crippen molar-refractivity contribution in [1.82, 2.24) is 5.32 Å². The molecular weight excluding hydrogens is 306 g/mol. The number of carbonyl (C=O) groups excluding carboxylic acids is 1. The third kappa shape index (κ3) is 3.29. The lowest BCUT2D eigenvalue weighted by molar-refractivity contribution is 0.0941. The van der Waals surface area contributed by atoms with Gasteiger partial charge in [0.1, 0.15) is 0 Å². The minimum absolute atomic E-state index is 0.0509. The van der Waals surface area contributed by atoms with E-state index in [0.29, 0.717) is 12.0 Å². The molecule has 1 fully saturated rings. The number of carbonyl (C=O) groups is 1. The van der Waals surface area contributed by atoms with Crippen molar-refractivity contribution in [1.29, 1.82) is 0 Å². The quantitative estimate of drug-likeness (QED) is 0.896. The molecule has 1 amide bonds. The van der Waals surface area contributed by atoms with Crippen LogP contribution in [0.2, 0.25) is 0 Å². The van der Waals surface area contributed by atoms with Gasteiger partial charge in [-0.05, 0) is 30.7 Å². The fraction of sp³-hybridized carbons (Fsp3) is 0.364. The Bertz CT molecular complexity index is 524. The van der Waals surface area contributed by atoms with E-state index < -0.39 is 9.84 Å². The highest BCUT2D eigenvalue weighted by Crippen LogP contribution is 2.13. The Kier molecular flexibility index (Phi) is 3.53. The third-order valence-corrected chi connectivity index (χ3v) is 4.97. The van der Waals surface area contributed by atoms with E-state index in [1.165, 1.54) is 0 Å². The summed E-state index contributed by atoms with van der Waals surface area (Å²) in [6, 6.07) is 6.70. The van der Waals surface area contributed by atoms with Gasteiger partial charge in [0.15, 0.2) is 9.84 Å². The summed E-state index contributed by atoms with van der Waals surface area (Å²) in [5.41, 5.74) is 0.539. The molecule has 1 aliphatic rings. The van der Waals surface area contributed by atoms with Crippen LogP contribution in [0.15, 0.2) is 28.7 Å². The molecule has 0 spiro atoms. The summed E-state index contributed by atoms with van der Waals surface area (Å²) in [5.74, 6) is -0.00677. The molecular formula is C11H12BrNO3S. The largest absolute Gasteiger partial charge is 0.348 e. The summed E-state index contributed by atoms with van der Waals surface area (Å²) in [7, 11) is -2.95. The number of hydrogen-bond donors (Lipinski definition) is 1. The molecule has 92 valence electrons. The van der Waals surface area contributed by atoms with Gasteiger partial charge >= 0.3 is 0 Å². The van der Waals surface area contributed by atoms with Crippen molar-refractivity contribution < 1.29 is 13.2 Å². The third-order valence-electron chi connectivity index (χ3n) is 2.67. The van der Waals surface area contributed by atoms with Crippen molar-refractivity contribution in [2.24, 2.45) is 0 Å². The monoisotopic (exact) mass is 317 g/mol. The van der Waals surface area contributed by atoms with Crippen LogP contribution in [0.1, 0.15) is 16.8 Å². The number of rotatable bonds is 2. The van der Waals surface area contributed by atoms with Crippen LogP contribution in [0.4, 0.5) is 0 Å². The van der Waals surface area contributed by atoms with Crippen LogP contribution >= 0.6 is 15.9 Å². The zero-order valence-electron chi connectivity index (χ0n) is 9.02. The van der Waals surface area contributed by atoms with Gasteiger partial charge in [0.2, 0.25) is 0 Å². The first-order chi connectivity index (χ1) is 7.96. The molecule has 1 aromatic rings. The number of amides is 1. The second-order valence-corrected chi connectivity index (χ2v) is 7.22. The molecule has 4 nitrogen and oxygen atoms in total. The standard InChI is InChI=1S/C11H12BrNO3S/c12-9-3-1-8(2-4-9)11(14)13-10-5-6-17(15,16)7-10/h1-4,10H,5-7H2,(H,13,14). The van der Waals surface area contributed by atoms with Crippen molar-refractivity contribution in [2.45, 2.75) is 12.5 Å². The van der Waals surface area contributed by atoms with E-state index in [0.717, 1.165) is 4.47 Å². The first kappa shape index (κ1) is 12.6. The van der Waals surface area contributed by atoms with Crippen LogP contribution in [-0.4, -0.2) is 31.9 Å². The van der Waals surface area contributed by atoms with E-state index in [-0.39, 0.29) is 23.5 Å². The summed E-state index contributed by atoms with van der Waals surface area (Å²) < 4.78 is 23.4. The fourth-order valence-corrected chi connectivity index (χ4v) is 3.72. The maximum Gasteiger partial charge on any atom is 0.251 e. The average molecular weight is 318 g/mol. The van der Waals surface area contributed by atoms with E-state index in [2.05, 4.69) is 21.2 Å². The van der Waals surface area contributed by atoms with Crippen LogP contribution in [0.25, 0.3) is 0 Å². The van der Waals surface area contributed by atoms with Crippen molar-refractivity contribution >= 4 is 31.7 Å². The first-order valence-corrected chi connectivity index (χ1v) is 7.84. The first-order valence-electron chi connectivity index (χ1n) is 5.23. The van der Waals surface area contributed by atoms with E-state index >= 15 is 0 Å². The molecule has 0 saturated carbocycles. The summed E-state index contributed by atoms with van der Waals surface area (Å²) >= 11 is 3.29. The summed E-state index contributed by atoms with van der Waals surface area (Å²) in [6.45, 7) is 0. The molecule has 17 heavy (non-hydrogen) atoms. The molecule has 1 N–H and O–H groups in total. The van der Waals surface area contributed by atoms with Gasteiger partial charge in [0.05, 0.1) is 11.5 Å². The van der Waals surface area contributed by atoms with E-state index in [4.69, 9.17) is 0 Å². The Labute approximate surface area is 108 Å². The lowest BCUT2D eigenvalue weighted by atomic mass is 10.2. The van der Waals surface area contributed by atoms with Crippen molar-refractivity contribution in [3.63, 3.8) is 0 Å². The molecule has 0 bridgehead atoms. The van der Waals surface area contributed by atoms with Gasteiger partial charge < -0.3 is 5.32 Å². The highest BCUT2D eigenvalue weighted by Gasteiger charge is 2.28. The highest BCUT2D eigenvalue weighted by atomic mass is 79.9. The minimum Gasteiger partial charge on any atom is -0.348 e. The van der Waals surface area contributed by atoms with Crippen LogP contribution in [0.5, 0.6) is 0 Å². The van der Waals surface area contributed by atoms with E-state index in [1.807, 2.05) is 0 Å². The number of hydrogen-bond acceptors (Lipinski definition) is 3. The van der Waals surface area contributed by atoms with Gasteiger partial charge in [0.25, 0.3) is 5.91 Å². The van der Waals surface area contributed by atoms with Gasteiger partial charge in [-0.2, -0.15) is 0 Å². The van der Waals surface area contributed by atoms with Gasteiger partial charge in [0, 0.05) is 16.1 Å². The molecule has 1 aliphatic heterocycles. The van der Waals surface area contributed by atoms with Gasteiger partial charge in [-0.3, -0.25) is 4.79 Å². The van der Waals surface area contributed by atoms with Crippen molar-refractivity contribution in [3.05, 3.63) is 34.3 Å². The number of sulfone groups is 1. The van der Waals surface area contributed by atoms with Crippen LogP contribution < -0.4 is 5.32 Å². The van der Waals surface area contributed by atoms with Crippen LogP contribution in [0.3, 0.4) is 0 Å². The maximum atomic E-state index is 11.8. The second-order valence-electron chi connectivity index (χ2n) is 4.08. The number of nitrogens with one attached hydrogen (secondary N) is 1. The Morgan fingerprint density at radius 3 is 2.47 bits per heavy atom. The maximum absolute atomic E-state index is 11.8. The zero-order chi connectivity index (χ0) is 12.5. The molecule has 1 heterocycles. The predicted molar refractivity (Wildman–Crippen MR) is 68.7 cm³/mol. The molecule has 2 rings (SSSR count). The highest BCUT2D eigenvalue weighted by molar-refractivity contribution is 9.10. The lowest BCUT2D eigenvalue weighted by Gasteiger charge is -2.10. The molecule has 0 aliphatic carbocycles. The Morgan fingerprint density at radius 1 is 1.29 bits per heavy atom. The van der Waals surface area contributed by atoms with Gasteiger partial charge in [-0.1, -0.05) is 15.9 Å². The fourth-order valence-electron chi connectivity index (χ4n) is 1.78. The van der Waals surface area contributed by atoms with E-state index in [1.54, 1.807) is 24.3 Å². The molecule has 1 unspecified atom stereocenters. The van der Waals surface area contributed by atoms with Gasteiger partial charge in [-0.15, -0.1) is 0 Å². The zero-order valence-corrected chi connectivity index (χ0v) is 11.4. The second kappa shape index (κ2) is 4.78. The molecule has 0 radical (unpaired) electrons. The SMILES string of the molecule is O=C(NC1CCS(=O)(=O)C1)c1ccc(Br)cc1. The number of benzene rings is 1. The van der Waals surface area contributed by atoms with E-state index in [9.17, 15) is 13.2 Å². The summed E-state index contributed by atoms with van der Waals surface area (Å²) in [4.78, 5) is 11.8. The van der Waals surface area contributed by atoms with Crippen LogP contribution in [-0.2, 0) is 9.84 Å². The lowest BCUT2D eigenvalue weighted by Crippen LogP contribution is -2.35. The molecule has 1 saturated heterocycles. The summed E-state index contributed by atoms with van der Waals surface area (Å²) in [5, 5.41) is 2.74. The molecule has 0 aromatic heterocycles. The Balaban J connectivity index is 2.01. The Hall–Kier alpha value is -0.880. The topological polar surface area (TPSA) is 63.2 Å². The normalized spacial score (nSPS) is 22.3. The predicted octanol–water partition coefficient (Wildman–Crippen LogP) is 1.37. The average Bonchev–Trinajstić information content (AvgIpc) is 2.59. The Morgan fingerprint density at radius 2 is 1.94 bits per heavy atom. The molecule has 1 atom stereocenters. The van der Waals surface area contributed by atoms with Crippen LogP contribution in [0, 0.1) is 0 Å².